The van der Waals surface area contributed by atoms with Gasteiger partial charge in [-0.25, -0.2) is 23.4 Å². The Bertz CT molecular complexity index is 1570. The SMILES string of the molecule is CC1(C)CCc2ncnc(N3CCOc4ccc(-c5cnc(N)c(S(=O)(=O)N6CCC(C)(N)C6)c5)cc4C3)c2C1. The minimum atomic E-state index is -3.84. The molecule has 10 nitrogen and oxygen atoms in total. The van der Waals surface area contributed by atoms with E-state index < -0.39 is 15.6 Å². The van der Waals surface area contributed by atoms with Crippen LogP contribution in [-0.4, -0.2) is 59.5 Å². The summed E-state index contributed by atoms with van der Waals surface area (Å²) in [5.74, 6) is 1.76. The van der Waals surface area contributed by atoms with Gasteiger partial charge in [-0.05, 0) is 61.8 Å². The van der Waals surface area contributed by atoms with Gasteiger partial charge < -0.3 is 21.1 Å². The molecular weight excluding hydrogens is 526 g/mol. The maximum Gasteiger partial charge on any atom is 0.246 e. The van der Waals surface area contributed by atoms with Gasteiger partial charge in [0.2, 0.25) is 10.0 Å². The molecule has 0 bridgehead atoms. The Morgan fingerprint density at radius 3 is 2.62 bits per heavy atom. The lowest BCUT2D eigenvalue weighted by Crippen LogP contribution is -2.40. The molecule has 6 rings (SSSR count). The van der Waals surface area contributed by atoms with Crippen molar-refractivity contribution in [3.05, 3.63) is 53.6 Å². The van der Waals surface area contributed by atoms with Crippen molar-refractivity contribution < 1.29 is 13.2 Å². The summed E-state index contributed by atoms with van der Waals surface area (Å²) in [6, 6.07) is 7.53. The second kappa shape index (κ2) is 9.67. The topological polar surface area (TPSA) is 141 Å². The summed E-state index contributed by atoms with van der Waals surface area (Å²) in [5.41, 5.74) is 16.8. The molecule has 4 N–H and O–H groups in total. The smallest absolute Gasteiger partial charge is 0.246 e. The number of rotatable bonds is 4. The van der Waals surface area contributed by atoms with Gasteiger partial charge in [-0.2, -0.15) is 4.31 Å². The van der Waals surface area contributed by atoms with Gasteiger partial charge in [-0.3, -0.25) is 0 Å². The van der Waals surface area contributed by atoms with Crippen molar-refractivity contribution in [2.75, 3.05) is 36.9 Å². The molecule has 1 atom stereocenters. The van der Waals surface area contributed by atoms with Crippen molar-refractivity contribution in [2.45, 2.75) is 63.4 Å². The first-order valence-electron chi connectivity index (χ1n) is 13.8. The van der Waals surface area contributed by atoms with E-state index in [4.69, 9.17) is 21.2 Å². The van der Waals surface area contributed by atoms with Crippen molar-refractivity contribution in [2.24, 2.45) is 11.1 Å². The van der Waals surface area contributed by atoms with Gasteiger partial charge in [-0.15, -0.1) is 0 Å². The van der Waals surface area contributed by atoms with Gasteiger partial charge in [0, 0.05) is 53.8 Å². The number of fused-ring (bicyclic) bond motifs is 2. The zero-order valence-corrected chi connectivity index (χ0v) is 24.2. The summed E-state index contributed by atoms with van der Waals surface area (Å²) in [6.45, 7) is 8.92. The molecule has 1 fully saturated rings. The number of aryl methyl sites for hydroxylation is 1. The minimum absolute atomic E-state index is 0.00532. The predicted molar refractivity (Wildman–Crippen MR) is 154 cm³/mol. The minimum Gasteiger partial charge on any atom is -0.491 e. The fraction of sp³-hybridized carbons (Fsp3) is 0.483. The molecule has 4 heterocycles. The molecule has 1 aromatic carbocycles. The number of hydrogen-bond donors (Lipinski definition) is 2. The van der Waals surface area contributed by atoms with Crippen LogP contribution < -0.4 is 21.1 Å². The lowest BCUT2D eigenvalue weighted by molar-refractivity contribution is 0.310. The van der Waals surface area contributed by atoms with Crippen LogP contribution in [0.3, 0.4) is 0 Å². The highest BCUT2D eigenvalue weighted by molar-refractivity contribution is 7.89. The Kier molecular flexibility index (Phi) is 6.51. The zero-order chi connectivity index (χ0) is 28.3. The van der Waals surface area contributed by atoms with Gasteiger partial charge in [0.25, 0.3) is 0 Å². The Morgan fingerprint density at radius 2 is 1.85 bits per heavy atom. The Balaban J connectivity index is 1.33. The first-order chi connectivity index (χ1) is 18.9. The van der Waals surface area contributed by atoms with Crippen LogP contribution in [0.5, 0.6) is 5.75 Å². The van der Waals surface area contributed by atoms with Crippen LogP contribution in [0.25, 0.3) is 11.1 Å². The molecule has 3 aromatic rings. The van der Waals surface area contributed by atoms with Gasteiger partial charge in [0.1, 0.15) is 35.2 Å². The number of sulfonamides is 1. The van der Waals surface area contributed by atoms with E-state index in [9.17, 15) is 8.42 Å². The number of nitrogen functional groups attached to an aromatic ring is 1. The standard InChI is InChI=1S/C29H37N7O3S/c1-28(2)7-6-23-22(14-28)27(34-18-33-23)35-10-11-39-24-5-4-19(12-21(24)16-35)20-13-25(26(30)32-15-20)40(37,38)36-9-8-29(3,31)17-36/h4-5,12-13,15,18H,6-11,14,16-17,31H2,1-3H3,(H2,30,32). The molecule has 11 heteroatoms. The van der Waals surface area contributed by atoms with Crippen molar-refractivity contribution in [3.63, 3.8) is 0 Å². The summed E-state index contributed by atoms with van der Waals surface area (Å²) < 4.78 is 34.5. The summed E-state index contributed by atoms with van der Waals surface area (Å²) >= 11 is 0. The summed E-state index contributed by atoms with van der Waals surface area (Å²) in [6.07, 6.45) is 6.89. The highest BCUT2D eigenvalue weighted by Crippen LogP contribution is 2.39. The molecule has 1 aliphatic carbocycles. The summed E-state index contributed by atoms with van der Waals surface area (Å²) in [5, 5.41) is 0. The second-order valence-corrected chi connectivity index (χ2v) is 14.3. The molecule has 0 radical (unpaired) electrons. The molecule has 2 aromatic heterocycles. The molecule has 3 aliphatic rings. The first-order valence-corrected chi connectivity index (χ1v) is 15.2. The van der Waals surface area contributed by atoms with Gasteiger partial charge in [0.05, 0.1) is 6.54 Å². The quantitative estimate of drug-likeness (QED) is 0.490. The lowest BCUT2D eigenvalue weighted by Gasteiger charge is -2.33. The van der Waals surface area contributed by atoms with Crippen molar-refractivity contribution in [1.82, 2.24) is 19.3 Å². The third-order valence-electron chi connectivity index (χ3n) is 8.35. The zero-order valence-electron chi connectivity index (χ0n) is 23.4. The fourth-order valence-corrected chi connectivity index (χ4v) is 7.66. The number of nitrogens with zero attached hydrogens (tertiary/aromatic N) is 5. The molecule has 0 saturated carbocycles. The van der Waals surface area contributed by atoms with E-state index >= 15 is 0 Å². The van der Waals surface area contributed by atoms with Gasteiger partial charge in [0.15, 0.2) is 0 Å². The highest BCUT2D eigenvalue weighted by atomic mass is 32.2. The van der Waals surface area contributed by atoms with E-state index in [2.05, 4.69) is 28.7 Å². The van der Waals surface area contributed by atoms with Crippen LogP contribution >= 0.6 is 0 Å². The number of pyridine rings is 1. The van der Waals surface area contributed by atoms with E-state index in [0.29, 0.717) is 38.2 Å². The van der Waals surface area contributed by atoms with E-state index in [1.165, 1.54) is 9.87 Å². The number of benzene rings is 1. The number of hydrogen-bond acceptors (Lipinski definition) is 9. The molecule has 40 heavy (non-hydrogen) atoms. The number of anilines is 2. The van der Waals surface area contributed by atoms with E-state index in [1.807, 2.05) is 25.1 Å². The Hall–Kier alpha value is -3.28. The summed E-state index contributed by atoms with van der Waals surface area (Å²) in [7, 11) is -3.84. The third kappa shape index (κ3) is 5.02. The van der Waals surface area contributed by atoms with Crippen LogP contribution in [0.15, 0.2) is 41.7 Å². The average molecular weight is 564 g/mol. The molecule has 1 saturated heterocycles. The van der Waals surface area contributed by atoms with Crippen LogP contribution in [0, 0.1) is 5.41 Å². The Labute approximate surface area is 235 Å². The number of aromatic nitrogens is 3. The van der Waals surface area contributed by atoms with Crippen LogP contribution in [-0.2, 0) is 29.4 Å². The Morgan fingerprint density at radius 1 is 1.02 bits per heavy atom. The molecule has 0 spiro atoms. The average Bonchev–Trinajstić information content (AvgIpc) is 3.15. The molecule has 0 amide bonds. The van der Waals surface area contributed by atoms with E-state index in [0.717, 1.165) is 47.7 Å². The van der Waals surface area contributed by atoms with Crippen molar-refractivity contribution in [3.8, 4) is 16.9 Å². The predicted octanol–water partition coefficient (Wildman–Crippen LogP) is 3.15. The summed E-state index contributed by atoms with van der Waals surface area (Å²) in [4.78, 5) is 15.9. The van der Waals surface area contributed by atoms with Crippen LogP contribution in [0.2, 0.25) is 0 Å². The lowest BCUT2D eigenvalue weighted by atomic mass is 9.76. The molecule has 212 valence electrons. The monoisotopic (exact) mass is 563 g/mol. The maximum atomic E-state index is 13.5. The third-order valence-corrected chi connectivity index (χ3v) is 10.2. The van der Waals surface area contributed by atoms with Crippen molar-refractivity contribution >= 4 is 21.7 Å². The second-order valence-electron chi connectivity index (χ2n) is 12.4. The largest absolute Gasteiger partial charge is 0.491 e. The maximum absolute atomic E-state index is 13.5. The number of nitrogens with two attached hydrogens (primary N) is 2. The molecule has 1 unspecified atom stereocenters. The highest BCUT2D eigenvalue weighted by Gasteiger charge is 2.38. The van der Waals surface area contributed by atoms with E-state index in [-0.39, 0.29) is 22.7 Å². The van der Waals surface area contributed by atoms with Crippen LogP contribution in [0.1, 0.15) is 50.4 Å². The van der Waals surface area contributed by atoms with Gasteiger partial charge >= 0.3 is 0 Å². The van der Waals surface area contributed by atoms with Gasteiger partial charge in [-0.1, -0.05) is 19.9 Å². The molecular formula is C29H37N7O3S. The van der Waals surface area contributed by atoms with Crippen LogP contribution in [0.4, 0.5) is 11.6 Å². The van der Waals surface area contributed by atoms with Crippen molar-refractivity contribution in [1.29, 1.82) is 0 Å². The van der Waals surface area contributed by atoms with E-state index in [1.54, 1.807) is 18.6 Å². The fourth-order valence-electron chi connectivity index (χ4n) is 5.99. The number of ether oxygens (including phenoxy) is 1. The normalized spacial score (nSPS) is 22.8. The molecule has 2 aliphatic heterocycles. The first kappa shape index (κ1) is 26.9.